The number of amides is 4. The molecule has 51 heavy (non-hydrogen) atoms. The van der Waals surface area contributed by atoms with Crippen molar-refractivity contribution >= 4 is 23.6 Å². The second kappa shape index (κ2) is 15.0. The van der Waals surface area contributed by atoms with Crippen molar-refractivity contribution in [2.24, 2.45) is 5.73 Å². The molecule has 4 N–H and O–H groups in total. The van der Waals surface area contributed by atoms with E-state index in [4.69, 9.17) is 29.4 Å². The highest BCUT2D eigenvalue weighted by Gasteiger charge is 2.45. The Morgan fingerprint density at radius 3 is 2.22 bits per heavy atom. The predicted octanol–water partition coefficient (Wildman–Crippen LogP) is 2.88. The zero-order valence-electron chi connectivity index (χ0n) is 28.0. The Balaban J connectivity index is 1.26. The number of nitrogens with two attached hydrogens (primary N) is 1. The molecular weight excluding hydrogens is 660 g/mol. The fourth-order valence-corrected chi connectivity index (χ4v) is 5.73. The molecule has 264 valence electrons. The van der Waals surface area contributed by atoms with Gasteiger partial charge in [-0.15, -0.1) is 0 Å². The number of carbonyl (C=O) groups is 4. The number of nitrogens with one attached hydrogen (secondary N) is 2. The van der Waals surface area contributed by atoms with E-state index in [1.807, 2.05) is 0 Å². The molecule has 5 aliphatic heterocycles. The van der Waals surface area contributed by atoms with Crippen molar-refractivity contribution in [3.8, 4) is 34.5 Å². The number of nitrogens with zero attached hydrogens (tertiary/aromatic N) is 3. The quantitative estimate of drug-likeness (QED) is 0.284. The number of ether oxygens (including phenoxy) is 5. The average Bonchev–Trinajstić information content (AvgIpc) is 3.16. The van der Waals surface area contributed by atoms with E-state index in [1.54, 1.807) is 65.6 Å². The second-order valence-electron chi connectivity index (χ2n) is 11.7. The van der Waals surface area contributed by atoms with Gasteiger partial charge < -0.3 is 45.0 Å². The lowest BCUT2D eigenvalue weighted by Crippen LogP contribution is -2.58. The van der Waals surface area contributed by atoms with Crippen LogP contribution in [-0.2, 0) is 11.3 Å². The van der Waals surface area contributed by atoms with Gasteiger partial charge in [-0.1, -0.05) is 0 Å². The number of rotatable bonds is 4. The predicted molar refractivity (Wildman–Crippen MR) is 181 cm³/mol. The lowest BCUT2D eigenvalue weighted by molar-refractivity contribution is -0.141. The van der Waals surface area contributed by atoms with Crippen molar-refractivity contribution in [3.63, 3.8) is 0 Å². The lowest BCUT2D eigenvalue weighted by Gasteiger charge is -2.40. The molecular formula is C36H36N6O9. The van der Waals surface area contributed by atoms with E-state index in [1.165, 1.54) is 20.4 Å². The van der Waals surface area contributed by atoms with Crippen LogP contribution in [0.2, 0.25) is 0 Å². The van der Waals surface area contributed by atoms with Gasteiger partial charge in [0, 0.05) is 49.7 Å². The Bertz CT molecular complexity index is 1930. The van der Waals surface area contributed by atoms with Crippen molar-refractivity contribution in [3.05, 3.63) is 95.6 Å². The van der Waals surface area contributed by atoms with Gasteiger partial charge in [-0.05, 0) is 54.6 Å². The van der Waals surface area contributed by atoms with E-state index in [9.17, 15) is 19.2 Å². The molecule has 15 heteroatoms. The van der Waals surface area contributed by atoms with E-state index < -0.39 is 17.4 Å². The molecule has 0 radical (unpaired) electrons. The van der Waals surface area contributed by atoms with Gasteiger partial charge in [0.15, 0.2) is 17.1 Å². The van der Waals surface area contributed by atoms with Gasteiger partial charge >= 0.3 is 0 Å². The van der Waals surface area contributed by atoms with Crippen LogP contribution in [0.4, 0.5) is 0 Å². The summed E-state index contributed by atoms with van der Waals surface area (Å²) < 4.78 is 29.5. The molecule has 4 aromatic rings. The largest absolute Gasteiger partial charge is 0.496 e. The number of likely N-dealkylation sites (tertiary alicyclic amines) is 1. The third kappa shape index (κ3) is 7.77. The van der Waals surface area contributed by atoms with Gasteiger partial charge in [0.25, 0.3) is 23.6 Å². The van der Waals surface area contributed by atoms with Crippen molar-refractivity contribution in [1.82, 2.24) is 25.5 Å². The zero-order valence-corrected chi connectivity index (χ0v) is 28.0. The van der Waals surface area contributed by atoms with E-state index >= 15 is 0 Å². The SMILES string of the molecule is COc1cc2ccc1CNC(=O)C1(CCN(C(=O)c3cnc(C(N)=O)cn3)CC1)Oc1ccc(cc1)OCCNC(=O)c1ccc(OC)c(c1)O2. The summed E-state index contributed by atoms with van der Waals surface area (Å²) in [5.74, 6) is 0.751. The fourth-order valence-electron chi connectivity index (χ4n) is 5.73. The van der Waals surface area contributed by atoms with Crippen molar-refractivity contribution in [1.29, 1.82) is 0 Å². The smallest absolute Gasteiger partial charge is 0.274 e. The van der Waals surface area contributed by atoms with Crippen LogP contribution in [0, 0.1) is 0 Å². The number of primary amides is 1. The van der Waals surface area contributed by atoms with Crippen LogP contribution in [0.3, 0.4) is 0 Å². The molecule has 1 spiro atoms. The third-order valence-electron chi connectivity index (χ3n) is 8.54. The summed E-state index contributed by atoms with van der Waals surface area (Å²) in [5.41, 5.74) is 4.94. The first-order valence-electron chi connectivity index (χ1n) is 16.1. The molecule has 6 bridgehead atoms. The summed E-state index contributed by atoms with van der Waals surface area (Å²) in [4.78, 5) is 61.1. The minimum absolute atomic E-state index is 0.0460. The number of benzene rings is 3. The first-order valence-corrected chi connectivity index (χ1v) is 16.1. The van der Waals surface area contributed by atoms with Gasteiger partial charge in [0.05, 0.1) is 33.2 Å². The number of methoxy groups -OCH3 is 2. The van der Waals surface area contributed by atoms with Crippen molar-refractivity contribution in [2.75, 3.05) is 40.5 Å². The molecule has 1 aromatic heterocycles. The Morgan fingerprint density at radius 2 is 1.53 bits per heavy atom. The van der Waals surface area contributed by atoms with Crippen LogP contribution < -0.4 is 40.1 Å². The van der Waals surface area contributed by atoms with Crippen LogP contribution in [0.15, 0.2) is 73.1 Å². The number of piperidine rings is 1. The fraction of sp³-hybridized carbons (Fsp3) is 0.278. The topological polar surface area (TPSA) is 194 Å². The maximum atomic E-state index is 14.1. The Kier molecular flexibility index (Phi) is 10.2. The molecule has 4 amide bonds. The number of aromatic nitrogens is 2. The van der Waals surface area contributed by atoms with Crippen molar-refractivity contribution in [2.45, 2.75) is 25.0 Å². The van der Waals surface area contributed by atoms with Gasteiger partial charge in [-0.25, -0.2) is 9.97 Å². The summed E-state index contributed by atoms with van der Waals surface area (Å²) in [5, 5.41) is 5.84. The van der Waals surface area contributed by atoms with Gasteiger partial charge in [0.1, 0.15) is 41.0 Å². The second-order valence-corrected chi connectivity index (χ2v) is 11.7. The summed E-state index contributed by atoms with van der Waals surface area (Å²) >= 11 is 0. The monoisotopic (exact) mass is 696 g/mol. The normalized spacial score (nSPS) is 15.9. The van der Waals surface area contributed by atoms with Crippen LogP contribution in [0.25, 0.3) is 0 Å². The van der Waals surface area contributed by atoms with E-state index in [0.29, 0.717) is 45.6 Å². The minimum atomic E-state index is -1.33. The van der Waals surface area contributed by atoms with Crippen LogP contribution in [-0.4, -0.2) is 84.6 Å². The summed E-state index contributed by atoms with van der Waals surface area (Å²) in [6.07, 6.45) is 2.69. The minimum Gasteiger partial charge on any atom is -0.496 e. The third-order valence-corrected chi connectivity index (χ3v) is 8.54. The van der Waals surface area contributed by atoms with Crippen LogP contribution in [0.5, 0.6) is 34.5 Å². The molecule has 3 aromatic carbocycles. The maximum Gasteiger partial charge on any atom is 0.274 e. The van der Waals surface area contributed by atoms with Crippen molar-refractivity contribution < 1.29 is 42.9 Å². The first-order chi connectivity index (χ1) is 24.7. The summed E-state index contributed by atoms with van der Waals surface area (Å²) in [6, 6.07) is 16.9. The Labute approximate surface area is 293 Å². The highest BCUT2D eigenvalue weighted by molar-refractivity contribution is 5.95. The van der Waals surface area contributed by atoms with E-state index in [-0.39, 0.29) is 68.8 Å². The molecule has 0 saturated carbocycles. The molecule has 0 aliphatic carbocycles. The van der Waals surface area contributed by atoms with Gasteiger partial charge in [0.2, 0.25) is 0 Å². The summed E-state index contributed by atoms with van der Waals surface area (Å²) in [6.45, 7) is 0.890. The Morgan fingerprint density at radius 1 is 0.843 bits per heavy atom. The highest BCUT2D eigenvalue weighted by Crippen LogP contribution is 2.36. The lowest BCUT2D eigenvalue weighted by atomic mass is 9.89. The molecule has 5 aliphatic rings. The standard InChI is InChI=1S/C36H36N6O9/c1-47-29-10-4-22-17-31(29)50-26-5-3-23(30(18-26)48-2)19-41-35(46)36(51-25-8-6-24(7-9-25)49-16-13-38-33(22)44)11-14-42(15-12-36)34(45)28-21-39-27(20-40-28)32(37)43/h3-10,17-18,20-21H,11-16,19H2,1-2H3,(H2,37,43)(H,38,44)(H,41,46). The molecule has 6 heterocycles. The zero-order chi connectivity index (χ0) is 36.0. The van der Waals surface area contributed by atoms with Crippen LogP contribution in [0.1, 0.15) is 49.7 Å². The molecule has 0 unspecified atom stereocenters. The molecule has 9 rings (SSSR count). The molecule has 0 atom stereocenters. The number of carbonyl (C=O) groups excluding carboxylic acids is 4. The average molecular weight is 697 g/mol. The number of hydrogen-bond acceptors (Lipinski definition) is 11. The van der Waals surface area contributed by atoms with E-state index in [2.05, 4.69) is 20.6 Å². The van der Waals surface area contributed by atoms with Gasteiger partial charge in [-0.3, -0.25) is 19.2 Å². The molecule has 1 fully saturated rings. The molecule has 15 nitrogen and oxygen atoms in total. The first kappa shape index (κ1) is 34.5. The Hall–Kier alpha value is -6.38. The maximum absolute atomic E-state index is 14.1. The van der Waals surface area contributed by atoms with E-state index in [0.717, 1.165) is 6.20 Å². The van der Waals surface area contributed by atoms with Crippen LogP contribution >= 0.6 is 0 Å². The molecule has 1 saturated heterocycles. The van der Waals surface area contributed by atoms with Gasteiger partial charge in [-0.2, -0.15) is 0 Å². The summed E-state index contributed by atoms with van der Waals surface area (Å²) in [7, 11) is 3.02. The number of hydrogen-bond donors (Lipinski definition) is 3. The highest BCUT2D eigenvalue weighted by atomic mass is 16.5.